The Hall–Kier alpha value is -2.21. The fourth-order valence-electron chi connectivity index (χ4n) is 1.28. The second-order valence-electron chi connectivity index (χ2n) is 3.85. The van der Waals surface area contributed by atoms with Gasteiger partial charge in [-0.3, -0.25) is 14.9 Å². The summed E-state index contributed by atoms with van der Waals surface area (Å²) in [6.07, 6.45) is -0.864. The first-order valence-electron chi connectivity index (χ1n) is 5.28. The van der Waals surface area contributed by atoms with E-state index in [2.05, 4.69) is 11.9 Å². The molecule has 1 aromatic carbocycles. The minimum Gasteiger partial charge on any atom is -0.387 e. The van der Waals surface area contributed by atoms with E-state index in [0.29, 0.717) is 5.57 Å². The van der Waals surface area contributed by atoms with Crippen LogP contribution in [-0.4, -0.2) is 28.6 Å². The van der Waals surface area contributed by atoms with Crippen LogP contribution in [0.2, 0.25) is 0 Å². The van der Waals surface area contributed by atoms with Crippen LogP contribution in [0.1, 0.15) is 17.3 Å². The van der Waals surface area contributed by atoms with Gasteiger partial charge in [-0.05, 0) is 13.0 Å². The summed E-state index contributed by atoms with van der Waals surface area (Å²) in [5, 5.41) is 22.6. The normalized spacial score (nSPS) is 11.7. The number of carbonyl (C=O) groups is 1. The predicted octanol–water partition coefficient (Wildman–Crippen LogP) is 1.26. The van der Waals surface area contributed by atoms with Crippen molar-refractivity contribution in [1.29, 1.82) is 0 Å². The van der Waals surface area contributed by atoms with Crippen LogP contribution in [0, 0.1) is 10.1 Å². The SMILES string of the molecule is C=C(C)C(O)CNC(=O)c1ccccc1[N+](=O)[O-]. The fraction of sp³-hybridized carbons (Fsp3) is 0.250. The van der Waals surface area contributed by atoms with E-state index in [4.69, 9.17) is 0 Å². The molecule has 1 aromatic rings. The molecule has 1 atom stereocenters. The van der Waals surface area contributed by atoms with Crippen LogP contribution >= 0.6 is 0 Å². The van der Waals surface area contributed by atoms with Crippen LogP contribution in [0.15, 0.2) is 36.4 Å². The molecule has 1 rings (SSSR count). The summed E-state index contributed by atoms with van der Waals surface area (Å²) in [7, 11) is 0. The number of nitrogens with one attached hydrogen (secondary N) is 1. The molecule has 0 fully saturated rings. The van der Waals surface area contributed by atoms with Crippen LogP contribution in [0.25, 0.3) is 0 Å². The highest BCUT2D eigenvalue weighted by atomic mass is 16.6. The highest BCUT2D eigenvalue weighted by Crippen LogP contribution is 2.17. The second kappa shape index (κ2) is 5.92. The van der Waals surface area contributed by atoms with E-state index < -0.39 is 16.9 Å². The number of aliphatic hydroxyl groups excluding tert-OH is 1. The molecule has 2 N–H and O–H groups in total. The number of carbonyl (C=O) groups excluding carboxylic acids is 1. The van der Waals surface area contributed by atoms with E-state index in [1.165, 1.54) is 24.3 Å². The lowest BCUT2D eigenvalue weighted by molar-refractivity contribution is -0.385. The molecule has 1 unspecified atom stereocenters. The second-order valence-corrected chi connectivity index (χ2v) is 3.85. The molecule has 18 heavy (non-hydrogen) atoms. The van der Waals surface area contributed by atoms with E-state index >= 15 is 0 Å². The van der Waals surface area contributed by atoms with Gasteiger partial charge in [-0.1, -0.05) is 24.3 Å². The van der Waals surface area contributed by atoms with Gasteiger partial charge >= 0.3 is 0 Å². The molecule has 0 heterocycles. The Morgan fingerprint density at radius 3 is 2.72 bits per heavy atom. The van der Waals surface area contributed by atoms with E-state index in [-0.39, 0.29) is 17.8 Å². The third-order valence-corrected chi connectivity index (χ3v) is 2.37. The first-order valence-corrected chi connectivity index (χ1v) is 5.28. The summed E-state index contributed by atoms with van der Waals surface area (Å²) in [4.78, 5) is 21.9. The Bertz CT molecular complexity index is 485. The van der Waals surface area contributed by atoms with Gasteiger partial charge in [0.15, 0.2) is 0 Å². The number of hydrogen-bond acceptors (Lipinski definition) is 4. The van der Waals surface area contributed by atoms with Crippen LogP contribution in [0.5, 0.6) is 0 Å². The molecule has 0 bridgehead atoms. The predicted molar refractivity (Wildman–Crippen MR) is 66.3 cm³/mol. The zero-order chi connectivity index (χ0) is 13.7. The van der Waals surface area contributed by atoms with Gasteiger partial charge in [-0.2, -0.15) is 0 Å². The highest BCUT2D eigenvalue weighted by Gasteiger charge is 2.19. The largest absolute Gasteiger partial charge is 0.387 e. The maximum atomic E-state index is 11.7. The van der Waals surface area contributed by atoms with Gasteiger partial charge in [0.2, 0.25) is 0 Å². The van der Waals surface area contributed by atoms with Gasteiger partial charge in [-0.25, -0.2) is 0 Å². The fourth-order valence-corrected chi connectivity index (χ4v) is 1.28. The lowest BCUT2D eigenvalue weighted by atomic mass is 10.1. The summed E-state index contributed by atoms with van der Waals surface area (Å²) >= 11 is 0. The molecule has 0 spiro atoms. The first kappa shape index (κ1) is 13.9. The Kier molecular flexibility index (Phi) is 4.56. The first-order chi connectivity index (χ1) is 8.43. The highest BCUT2D eigenvalue weighted by molar-refractivity contribution is 5.98. The van der Waals surface area contributed by atoms with Crippen LogP contribution < -0.4 is 5.32 Å². The smallest absolute Gasteiger partial charge is 0.282 e. The average molecular weight is 250 g/mol. The van der Waals surface area contributed by atoms with Crippen LogP contribution in [0.3, 0.4) is 0 Å². The molecule has 0 aliphatic carbocycles. The van der Waals surface area contributed by atoms with Crippen molar-refractivity contribution in [2.24, 2.45) is 0 Å². The van der Waals surface area contributed by atoms with Gasteiger partial charge in [-0.15, -0.1) is 0 Å². The number of nitro benzene ring substituents is 1. The standard InChI is InChI=1S/C12H14N2O4/c1-8(2)11(15)7-13-12(16)9-5-3-4-6-10(9)14(17)18/h3-6,11,15H,1,7H2,2H3,(H,13,16). The van der Waals surface area contributed by atoms with Crippen LogP contribution in [0.4, 0.5) is 5.69 Å². The minimum atomic E-state index is -0.864. The molecule has 0 aliphatic rings. The summed E-state index contributed by atoms with van der Waals surface area (Å²) in [6.45, 7) is 5.14. The molecule has 0 aromatic heterocycles. The van der Waals surface area contributed by atoms with Crippen LogP contribution in [-0.2, 0) is 0 Å². The van der Waals surface area contributed by atoms with E-state index in [1.807, 2.05) is 0 Å². The Labute approximate surface area is 104 Å². The van der Waals surface area contributed by atoms with Gasteiger partial charge in [0.1, 0.15) is 5.56 Å². The summed E-state index contributed by atoms with van der Waals surface area (Å²) in [5.41, 5.74) is 0.217. The van der Waals surface area contributed by atoms with Crippen molar-refractivity contribution in [3.8, 4) is 0 Å². The van der Waals surface area contributed by atoms with Crippen molar-refractivity contribution < 1.29 is 14.8 Å². The lowest BCUT2D eigenvalue weighted by Gasteiger charge is -2.11. The Morgan fingerprint density at radius 2 is 2.17 bits per heavy atom. The van der Waals surface area contributed by atoms with Crippen molar-refractivity contribution in [2.45, 2.75) is 13.0 Å². The average Bonchev–Trinajstić information content (AvgIpc) is 2.35. The van der Waals surface area contributed by atoms with Gasteiger partial charge in [0, 0.05) is 12.6 Å². The molecule has 0 saturated carbocycles. The quantitative estimate of drug-likeness (QED) is 0.467. The zero-order valence-corrected chi connectivity index (χ0v) is 9.92. The number of rotatable bonds is 5. The lowest BCUT2D eigenvalue weighted by Crippen LogP contribution is -2.32. The molecule has 0 aliphatic heterocycles. The van der Waals surface area contributed by atoms with E-state index in [0.717, 1.165) is 0 Å². The molecule has 0 radical (unpaired) electrons. The summed E-state index contributed by atoms with van der Waals surface area (Å²) in [6, 6.07) is 5.64. The number of amides is 1. The molecule has 96 valence electrons. The van der Waals surface area contributed by atoms with E-state index in [9.17, 15) is 20.0 Å². The monoisotopic (exact) mass is 250 g/mol. The van der Waals surface area contributed by atoms with Crippen molar-refractivity contribution in [2.75, 3.05) is 6.54 Å². The molecule has 1 amide bonds. The Morgan fingerprint density at radius 1 is 1.56 bits per heavy atom. The molecule has 6 nitrogen and oxygen atoms in total. The number of hydrogen-bond donors (Lipinski definition) is 2. The number of para-hydroxylation sites is 1. The molecule has 6 heteroatoms. The summed E-state index contributed by atoms with van der Waals surface area (Å²) in [5.74, 6) is -0.595. The van der Waals surface area contributed by atoms with Crippen molar-refractivity contribution in [3.63, 3.8) is 0 Å². The number of nitro groups is 1. The van der Waals surface area contributed by atoms with Gasteiger partial charge < -0.3 is 10.4 Å². The van der Waals surface area contributed by atoms with Crippen molar-refractivity contribution in [1.82, 2.24) is 5.32 Å². The third kappa shape index (κ3) is 3.39. The maximum absolute atomic E-state index is 11.7. The van der Waals surface area contributed by atoms with E-state index in [1.54, 1.807) is 6.92 Å². The molecular weight excluding hydrogens is 236 g/mol. The molecule has 0 saturated heterocycles. The number of benzene rings is 1. The maximum Gasteiger partial charge on any atom is 0.282 e. The van der Waals surface area contributed by atoms with Gasteiger partial charge in [0.05, 0.1) is 11.0 Å². The minimum absolute atomic E-state index is 0.0276. The Balaban J connectivity index is 2.79. The topological polar surface area (TPSA) is 92.5 Å². The third-order valence-electron chi connectivity index (χ3n) is 2.37. The zero-order valence-electron chi connectivity index (χ0n) is 9.92. The van der Waals surface area contributed by atoms with Gasteiger partial charge in [0.25, 0.3) is 11.6 Å². The van der Waals surface area contributed by atoms with Crippen molar-refractivity contribution in [3.05, 3.63) is 52.1 Å². The summed E-state index contributed by atoms with van der Waals surface area (Å²) < 4.78 is 0. The molecular formula is C12H14N2O4. The van der Waals surface area contributed by atoms with Crippen molar-refractivity contribution >= 4 is 11.6 Å². The number of aliphatic hydroxyl groups is 1. The number of nitrogens with zero attached hydrogens (tertiary/aromatic N) is 1.